The topological polar surface area (TPSA) is 64.4 Å². The minimum atomic E-state index is -0.411. The molecule has 0 atom stereocenters. The smallest absolute Gasteiger partial charge is 0.273 e. The molecule has 1 N–H and O–H groups in total. The number of benzene rings is 1. The zero-order chi connectivity index (χ0) is 14.1. The standard InChI is InChI=1S/C13H18N2O3S/c1-3-5-19-6-4-14-10-11-7-12(15(16)17)9-13(8-11)18-2/h3,7-9,14H,1,4-6,10H2,2H3. The number of thioether (sulfide) groups is 1. The van der Waals surface area contributed by atoms with Crippen molar-refractivity contribution in [1.29, 1.82) is 0 Å². The lowest BCUT2D eigenvalue weighted by molar-refractivity contribution is -0.385. The molecule has 0 aromatic heterocycles. The third kappa shape index (κ3) is 5.76. The number of rotatable bonds is 9. The molecule has 104 valence electrons. The van der Waals surface area contributed by atoms with Crippen molar-refractivity contribution in [2.24, 2.45) is 0 Å². The van der Waals surface area contributed by atoms with Gasteiger partial charge in [-0.2, -0.15) is 11.8 Å². The molecule has 19 heavy (non-hydrogen) atoms. The van der Waals surface area contributed by atoms with Crippen molar-refractivity contribution in [3.63, 3.8) is 0 Å². The Morgan fingerprint density at radius 1 is 1.53 bits per heavy atom. The van der Waals surface area contributed by atoms with E-state index in [1.165, 1.54) is 13.2 Å². The van der Waals surface area contributed by atoms with Crippen molar-refractivity contribution in [2.75, 3.05) is 25.2 Å². The van der Waals surface area contributed by atoms with E-state index in [1.807, 2.05) is 6.08 Å². The van der Waals surface area contributed by atoms with Gasteiger partial charge in [0.05, 0.1) is 18.1 Å². The number of methoxy groups -OCH3 is 1. The molecule has 0 aliphatic rings. The Hall–Kier alpha value is -1.53. The summed E-state index contributed by atoms with van der Waals surface area (Å²) in [6.07, 6.45) is 1.87. The Balaban J connectivity index is 2.50. The van der Waals surface area contributed by atoms with Gasteiger partial charge in [0.25, 0.3) is 5.69 Å². The summed E-state index contributed by atoms with van der Waals surface area (Å²) in [6, 6.07) is 4.78. The molecule has 0 aliphatic heterocycles. The number of nitro benzene ring substituents is 1. The molecule has 0 spiro atoms. The van der Waals surface area contributed by atoms with Crippen LogP contribution < -0.4 is 10.1 Å². The predicted octanol–water partition coefficient (Wildman–Crippen LogP) is 2.61. The molecule has 0 saturated carbocycles. The highest BCUT2D eigenvalue weighted by Gasteiger charge is 2.09. The van der Waals surface area contributed by atoms with Crippen molar-refractivity contribution in [3.05, 3.63) is 46.5 Å². The maximum atomic E-state index is 10.8. The highest BCUT2D eigenvalue weighted by Crippen LogP contribution is 2.22. The summed E-state index contributed by atoms with van der Waals surface area (Å²) >= 11 is 1.79. The molecule has 0 aliphatic carbocycles. The van der Waals surface area contributed by atoms with Crippen LogP contribution in [0.5, 0.6) is 5.75 Å². The van der Waals surface area contributed by atoms with E-state index in [2.05, 4.69) is 11.9 Å². The van der Waals surface area contributed by atoms with Gasteiger partial charge in [0, 0.05) is 30.7 Å². The van der Waals surface area contributed by atoms with Crippen LogP contribution in [-0.2, 0) is 6.54 Å². The lowest BCUT2D eigenvalue weighted by Gasteiger charge is -2.06. The highest BCUT2D eigenvalue weighted by atomic mass is 32.2. The van der Waals surface area contributed by atoms with E-state index < -0.39 is 4.92 Å². The first-order valence-corrected chi connectivity index (χ1v) is 7.04. The Bertz CT molecular complexity index is 438. The first kappa shape index (κ1) is 15.5. The number of nitrogens with one attached hydrogen (secondary N) is 1. The van der Waals surface area contributed by atoms with E-state index >= 15 is 0 Å². The molecule has 0 amide bonds. The molecule has 0 saturated heterocycles. The van der Waals surface area contributed by atoms with Gasteiger partial charge in [-0.15, -0.1) is 6.58 Å². The van der Waals surface area contributed by atoms with Crippen molar-refractivity contribution in [2.45, 2.75) is 6.54 Å². The summed E-state index contributed by atoms with van der Waals surface area (Å²) in [5.74, 6) is 2.43. The first-order chi connectivity index (χ1) is 9.17. The monoisotopic (exact) mass is 282 g/mol. The van der Waals surface area contributed by atoms with Gasteiger partial charge in [-0.3, -0.25) is 10.1 Å². The molecule has 1 aromatic rings. The van der Waals surface area contributed by atoms with Gasteiger partial charge in [0.2, 0.25) is 0 Å². The van der Waals surface area contributed by atoms with E-state index in [1.54, 1.807) is 23.9 Å². The molecule has 0 unspecified atom stereocenters. The van der Waals surface area contributed by atoms with Gasteiger partial charge in [0.1, 0.15) is 5.75 Å². The average Bonchev–Trinajstić information content (AvgIpc) is 2.42. The third-order valence-electron chi connectivity index (χ3n) is 2.39. The summed E-state index contributed by atoms with van der Waals surface area (Å²) in [5.41, 5.74) is 0.900. The van der Waals surface area contributed by atoms with Gasteiger partial charge >= 0.3 is 0 Å². The van der Waals surface area contributed by atoms with Gasteiger partial charge in [-0.25, -0.2) is 0 Å². The van der Waals surface area contributed by atoms with Gasteiger partial charge in [-0.05, 0) is 11.6 Å². The molecule has 0 fully saturated rings. The third-order valence-corrected chi connectivity index (χ3v) is 3.35. The normalized spacial score (nSPS) is 10.2. The molecule has 0 radical (unpaired) electrons. The number of nitro groups is 1. The Morgan fingerprint density at radius 2 is 2.32 bits per heavy atom. The first-order valence-electron chi connectivity index (χ1n) is 5.89. The number of hydrogen-bond donors (Lipinski definition) is 1. The van der Waals surface area contributed by atoms with Crippen molar-refractivity contribution in [1.82, 2.24) is 5.32 Å². The van der Waals surface area contributed by atoms with Crippen LogP contribution >= 0.6 is 11.8 Å². The number of hydrogen-bond acceptors (Lipinski definition) is 5. The van der Waals surface area contributed by atoms with E-state index in [0.29, 0.717) is 12.3 Å². The highest BCUT2D eigenvalue weighted by molar-refractivity contribution is 7.99. The second-order valence-electron chi connectivity index (χ2n) is 3.84. The predicted molar refractivity (Wildman–Crippen MR) is 78.9 cm³/mol. The lowest BCUT2D eigenvalue weighted by atomic mass is 10.2. The van der Waals surface area contributed by atoms with E-state index in [4.69, 9.17) is 4.74 Å². The van der Waals surface area contributed by atoms with Crippen LogP contribution in [0.3, 0.4) is 0 Å². The fourth-order valence-corrected chi connectivity index (χ4v) is 2.13. The molecule has 1 rings (SSSR count). The van der Waals surface area contributed by atoms with Crippen LogP contribution in [0, 0.1) is 10.1 Å². The number of nitrogens with zero attached hydrogens (tertiary/aromatic N) is 1. The van der Waals surface area contributed by atoms with Crippen molar-refractivity contribution >= 4 is 17.4 Å². The maximum absolute atomic E-state index is 10.8. The molecule has 0 bridgehead atoms. The fraction of sp³-hybridized carbons (Fsp3) is 0.385. The Morgan fingerprint density at radius 3 is 2.95 bits per heavy atom. The van der Waals surface area contributed by atoms with E-state index in [0.717, 1.165) is 23.6 Å². The number of non-ortho nitro benzene ring substituents is 1. The van der Waals surface area contributed by atoms with Gasteiger partial charge in [-0.1, -0.05) is 6.08 Å². The summed E-state index contributed by atoms with van der Waals surface area (Å²) in [6.45, 7) is 5.09. The van der Waals surface area contributed by atoms with Crippen molar-refractivity contribution in [3.8, 4) is 5.75 Å². The van der Waals surface area contributed by atoms with Crippen LogP contribution in [0.15, 0.2) is 30.9 Å². The van der Waals surface area contributed by atoms with Crippen LogP contribution in [0.4, 0.5) is 5.69 Å². The summed E-state index contributed by atoms with van der Waals surface area (Å²) in [7, 11) is 1.50. The largest absolute Gasteiger partial charge is 0.496 e. The molecule has 1 aromatic carbocycles. The van der Waals surface area contributed by atoms with Crippen LogP contribution in [0.25, 0.3) is 0 Å². The van der Waals surface area contributed by atoms with E-state index in [9.17, 15) is 10.1 Å². The Kier molecular flexibility index (Phi) is 6.99. The molecule has 6 heteroatoms. The summed E-state index contributed by atoms with van der Waals surface area (Å²) in [5, 5.41) is 14.0. The van der Waals surface area contributed by atoms with Crippen molar-refractivity contribution < 1.29 is 9.66 Å². The minimum absolute atomic E-state index is 0.0529. The van der Waals surface area contributed by atoms with E-state index in [-0.39, 0.29) is 5.69 Å². The van der Waals surface area contributed by atoms with Crippen LogP contribution in [-0.4, -0.2) is 30.1 Å². The second-order valence-corrected chi connectivity index (χ2v) is 4.99. The summed E-state index contributed by atoms with van der Waals surface area (Å²) < 4.78 is 5.06. The average molecular weight is 282 g/mol. The van der Waals surface area contributed by atoms with Gasteiger partial charge < -0.3 is 10.1 Å². The molecule has 0 heterocycles. The SMILES string of the molecule is C=CCSCCNCc1cc(OC)cc([N+](=O)[O-])c1. The zero-order valence-corrected chi connectivity index (χ0v) is 11.7. The molecule has 5 nitrogen and oxygen atoms in total. The van der Waals surface area contributed by atoms with Gasteiger partial charge in [0.15, 0.2) is 0 Å². The lowest BCUT2D eigenvalue weighted by Crippen LogP contribution is -2.16. The second kappa shape index (κ2) is 8.55. The molecular formula is C13H18N2O3S. The molecular weight excluding hydrogens is 264 g/mol. The summed E-state index contributed by atoms with van der Waals surface area (Å²) in [4.78, 5) is 10.4. The van der Waals surface area contributed by atoms with Crippen LogP contribution in [0.1, 0.15) is 5.56 Å². The Labute approximate surface area is 117 Å². The fourth-order valence-electron chi connectivity index (χ4n) is 1.51. The minimum Gasteiger partial charge on any atom is -0.496 e. The number of ether oxygens (including phenoxy) is 1. The quantitative estimate of drug-likeness (QED) is 0.326. The maximum Gasteiger partial charge on any atom is 0.273 e. The zero-order valence-electron chi connectivity index (χ0n) is 10.9. The van der Waals surface area contributed by atoms with Crippen LogP contribution in [0.2, 0.25) is 0 Å².